The van der Waals surface area contributed by atoms with Crippen LogP contribution in [0, 0.1) is 6.92 Å². The number of aromatic nitrogens is 1. The van der Waals surface area contributed by atoms with Crippen molar-refractivity contribution < 1.29 is 14.6 Å². The monoisotopic (exact) mass is 245 g/mol. The van der Waals surface area contributed by atoms with Crippen molar-refractivity contribution in [2.24, 2.45) is 0 Å². The molecule has 0 aliphatic heterocycles. The molecule has 0 unspecified atom stereocenters. The fraction of sp³-hybridized carbons (Fsp3) is 0.214. The summed E-state index contributed by atoms with van der Waals surface area (Å²) in [6.07, 6.45) is 1.68. The van der Waals surface area contributed by atoms with Gasteiger partial charge in [0.15, 0.2) is 11.5 Å². The molecular formula is C14H15NO3. The van der Waals surface area contributed by atoms with Gasteiger partial charge in [-0.05, 0) is 30.7 Å². The number of hydrogen-bond donors (Lipinski definition) is 1. The van der Waals surface area contributed by atoms with Crippen LogP contribution < -0.4 is 9.47 Å². The van der Waals surface area contributed by atoms with E-state index in [4.69, 9.17) is 14.6 Å². The van der Waals surface area contributed by atoms with Gasteiger partial charge in [0.05, 0.1) is 13.7 Å². The smallest absolute Gasteiger partial charge is 0.222 e. The summed E-state index contributed by atoms with van der Waals surface area (Å²) in [5, 5.41) is 9.07. The third-order valence-electron chi connectivity index (χ3n) is 2.58. The van der Waals surface area contributed by atoms with E-state index >= 15 is 0 Å². The van der Waals surface area contributed by atoms with Crippen molar-refractivity contribution in [2.45, 2.75) is 13.5 Å². The number of nitrogens with zero attached hydrogens (tertiary/aromatic N) is 1. The number of pyridine rings is 1. The van der Waals surface area contributed by atoms with Crippen molar-refractivity contribution in [3.05, 3.63) is 47.7 Å². The summed E-state index contributed by atoms with van der Waals surface area (Å²) < 4.78 is 10.9. The molecule has 0 aliphatic rings. The fourth-order valence-electron chi connectivity index (χ4n) is 1.58. The molecule has 0 spiro atoms. The Morgan fingerprint density at radius 1 is 1.22 bits per heavy atom. The molecule has 0 radical (unpaired) electrons. The van der Waals surface area contributed by atoms with Gasteiger partial charge in [0.1, 0.15) is 0 Å². The Morgan fingerprint density at radius 3 is 2.72 bits per heavy atom. The van der Waals surface area contributed by atoms with Gasteiger partial charge < -0.3 is 14.6 Å². The lowest BCUT2D eigenvalue weighted by molar-refractivity contribution is 0.280. The third-order valence-corrected chi connectivity index (χ3v) is 2.58. The predicted molar refractivity (Wildman–Crippen MR) is 68.0 cm³/mol. The lowest BCUT2D eigenvalue weighted by atomic mass is 10.2. The van der Waals surface area contributed by atoms with Gasteiger partial charge in [0, 0.05) is 11.8 Å². The van der Waals surface area contributed by atoms with Gasteiger partial charge in [-0.3, -0.25) is 0 Å². The van der Waals surface area contributed by atoms with Gasteiger partial charge >= 0.3 is 0 Å². The zero-order valence-corrected chi connectivity index (χ0v) is 10.4. The molecule has 0 atom stereocenters. The molecular weight excluding hydrogens is 230 g/mol. The molecule has 1 N–H and O–H groups in total. The van der Waals surface area contributed by atoms with Crippen molar-refractivity contribution in [3.63, 3.8) is 0 Å². The van der Waals surface area contributed by atoms with E-state index in [0.717, 1.165) is 11.1 Å². The molecule has 0 saturated heterocycles. The highest BCUT2D eigenvalue weighted by Crippen LogP contribution is 2.32. The van der Waals surface area contributed by atoms with Crippen LogP contribution in [0.25, 0.3) is 0 Å². The Bertz CT molecular complexity index is 540. The Balaban J connectivity index is 2.32. The standard InChI is InChI=1S/C14H15NO3/c1-10-4-3-7-15-14(10)18-12-6-5-11(9-16)8-13(12)17-2/h3-8,16H,9H2,1-2H3. The third kappa shape index (κ3) is 2.60. The summed E-state index contributed by atoms with van der Waals surface area (Å²) >= 11 is 0. The molecule has 0 fully saturated rings. The van der Waals surface area contributed by atoms with Crippen molar-refractivity contribution in [1.29, 1.82) is 0 Å². The molecule has 1 aromatic heterocycles. The lowest BCUT2D eigenvalue weighted by Crippen LogP contribution is -1.95. The number of rotatable bonds is 4. The fourth-order valence-corrected chi connectivity index (χ4v) is 1.58. The molecule has 0 saturated carbocycles. The van der Waals surface area contributed by atoms with Crippen molar-refractivity contribution in [1.82, 2.24) is 4.98 Å². The molecule has 1 heterocycles. The number of benzene rings is 1. The first-order valence-electron chi connectivity index (χ1n) is 5.62. The highest BCUT2D eigenvalue weighted by atomic mass is 16.5. The molecule has 0 bridgehead atoms. The van der Waals surface area contributed by atoms with Crippen LogP contribution in [-0.4, -0.2) is 17.2 Å². The minimum absolute atomic E-state index is 0.0285. The quantitative estimate of drug-likeness (QED) is 0.899. The summed E-state index contributed by atoms with van der Waals surface area (Å²) in [6, 6.07) is 9.08. The second-order valence-electron chi connectivity index (χ2n) is 3.87. The Labute approximate surface area is 106 Å². The molecule has 0 aliphatic carbocycles. The van der Waals surface area contributed by atoms with E-state index in [1.54, 1.807) is 31.5 Å². The largest absolute Gasteiger partial charge is 0.493 e. The van der Waals surface area contributed by atoms with E-state index in [1.165, 1.54) is 0 Å². The number of aryl methyl sites for hydroxylation is 1. The van der Waals surface area contributed by atoms with E-state index in [-0.39, 0.29) is 6.61 Å². The molecule has 2 rings (SSSR count). The zero-order chi connectivity index (χ0) is 13.0. The van der Waals surface area contributed by atoms with Crippen LogP contribution in [0.4, 0.5) is 0 Å². The number of ether oxygens (including phenoxy) is 2. The molecule has 1 aromatic carbocycles. The van der Waals surface area contributed by atoms with Crippen LogP contribution >= 0.6 is 0 Å². The topological polar surface area (TPSA) is 51.6 Å². The SMILES string of the molecule is COc1cc(CO)ccc1Oc1ncccc1C. The average molecular weight is 245 g/mol. The summed E-state index contributed by atoms with van der Waals surface area (Å²) in [7, 11) is 1.56. The van der Waals surface area contributed by atoms with Crippen molar-refractivity contribution in [3.8, 4) is 17.4 Å². The van der Waals surface area contributed by atoms with Crippen LogP contribution in [0.1, 0.15) is 11.1 Å². The first kappa shape index (κ1) is 12.4. The Kier molecular flexibility index (Phi) is 3.79. The first-order chi connectivity index (χ1) is 8.74. The number of hydrogen-bond acceptors (Lipinski definition) is 4. The van der Waals surface area contributed by atoms with Gasteiger partial charge in [0.25, 0.3) is 0 Å². The van der Waals surface area contributed by atoms with E-state index in [9.17, 15) is 0 Å². The van der Waals surface area contributed by atoms with Crippen LogP contribution in [0.2, 0.25) is 0 Å². The summed E-state index contributed by atoms with van der Waals surface area (Å²) in [4.78, 5) is 4.16. The molecule has 94 valence electrons. The molecule has 18 heavy (non-hydrogen) atoms. The van der Waals surface area contributed by atoms with Crippen LogP contribution in [-0.2, 0) is 6.61 Å². The molecule has 4 nitrogen and oxygen atoms in total. The summed E-state index contributed by atoms with van der Waals surface area (Å²) in [6.45, 7) is 1.90. The van der Waals surface area contributed by atoms with Gasteiger partial charge in [-0.2, -0.15) is 0 Å². The van der Waals surface area contributed by atoms with Gasteiger partial charge in [-0.15, -0.1) is 0 Å². The minimum atomic E-state index is -0.0285. The summed E-state index contributed by atoms with van der Waals surface area (Å²) in [5.74, 6) is 1.70. The number of aliphatic hydroxyl groups is 1. The van der Waals surface area contributed by atoms with Crippen molar-refractivity contribution in [2.75, 3.05) is 7.11 Å². The van der Waals surface area contributed by atoms with Gasteiger partial charge in [0.2, 0.25) is 5.88 Å². The lowest BCUT2D eigenvalue weighted by Gasteiger charge is -2.11. The maximum atomic E-state index is 9.07. The van der Waals surface area contributed by atoms with Gasteiger partial charge in [-0.1, -0.05) is 12.1 Å². The normalized spacial score (nSPS) is 10.2. The van der Waals surface area contributed by atoms with E-state index in [2.05, 4.69) is 4.98 Å². The zero-order valence-electron chi connectivity index (χ0n) is 10.4. The first-order valence-corrected chi connectivity index (χ1v) is 5.62. The summed E-state index contributed by atoms with van der Waals surface area (Å²) in [5.41, 5.74) is 1.72. The Hall–Kier alpha value is -2.07. The van der Waals surface area contributed by atoms with Crippen LogP contribution in [0.3, 0.4) is 0 Å². The average Bonchev–Trinajstić information content (AvgIpc) is 2.41. The molecule has 4 heteroatoms. The second-order valence-corrected chi connectivity index (χ2v) is 3.87. The van der Waals surface area contributed by atoms with E-state index < -0.39 is 0 Å². The molecule has 2 aromatic rings. The van der Waals surface area contributed by atoms with E-state index in [0.29, 0.717) is 17.4 Å². The Morgan fingerprint density at radius 2 is 2.06 bits per heavy atom. The second kappa shape index (κ2) is 5.51. The van der Waals surface area contributed by atoms with Crippen LogP contribution in [0.15, 0.2) is 36.5 Å². The maximum absolute atomic E-state index is 9.07. The number of aliphatic hydroxyl groups excluding tert-OH is 1. The van der Waals surface area contributed by atoms with Crippen molar-refractivity contribution >= 4 is 0 Å². The van der Waals surface area contributed by atoms with Gasteiger partial charge in [-0.25, -0.2) is 4.98 Å². The maximum Gasteiger partial charge on any atom is 0.222 e. The van der Waals surface area contributed by atoms with Crippen LogP contribution in [0.5, 0.6) is 17.4 Å². The number of methoxy groups -OCH3 is 1. The molecule has 0 amide bonds. The van der Waals surface area contributed by atoms with E-state index in [1.807, 2.05) is 19.1 Å². The highest BCUT2D eigenvalue weighted by Gasteiger charge is 2.08. The predicted octanol–water partition coefficient (Wildman–Crippen LogP) is 2.68. The highest BCUT2D eigenvalue weighted by molar-refractivity contribution is 5.45. The minimum Gasteiger partial charge on any atom is -0.493 e.